The molecule has 0 aliphatic heterocycles. The molecule has 5 heteroatoms. The average Bonchev–Trinajstić information content (AvgIpc) is 3.25. The Morgan fingerprint density at radius 1 is 0.507 bits per heavy atom. The summed E-state index contributed by atoms with van der Waals surface area (Å²) in [6.45, 7) is 36.6. The number of ether oxygens (including phenoxy) is 2. The smallest absolute Gasteiger partial charge is 0.122 e. The van der Waals surface area contributed by atoms with E-state index in [2.05, 4.69) is 171 Å². The molecule has 0 amide bonds. The Bertz CT molecular complexity index is 2310. The number of nitrogens with zero attached hydrogens (tertiary/aromatic N) is 1. The van der Waals surface area contributed by atoms with E-state index in [1.807, 2.05) is 71.9 Å². The van der Waals surface area contributed by atoms with E-state index in [-0.39, 0.29) is 0 Å². The lowest BCUT2D eigenvalue weighted by atomic mass is 9.84. The molecule has 0 radical (unpaired) electrons. The van der Waals surface area contributed by atoms with Gasteiger partial charge in [-0.25, -0.2) is 0 Å². The summed E-state index contributed by atoms with van der Waals surface area (Å²) in [6.07, 6.45) is 5.89. The maximum absolute atomic E-state index is 8.54. The van der Waals surface area contributed by atoms with Gasteiger partial charge in [0, 0.05) is 9.50 Å². The van der Waals surface area contributed by atoms with Crippen LogP contribution in [0.1, 0.15) is 130 Å². The van der Waals surface area contributed by atoms with Crippen LogP contribution in [0.2, 0.25) is 5.02 Å². The number of benzene rings is 6. The first-order chi connectivity index (χ1) is 31.5. The van der Waals surface area contributed by atoms with E-state index >= 15 is 0 Å². The van der Waals surface area contributed by atoms with Gasteiger partial charge in [0.25, 0.3) is 0 Å². The van der Waals surface area contributed by atoms with E-state index in [1.165, 1.54) is 91.4 Å². The van der Waals surface area contributed by atoms with Gasteiger partial charge in [-0.15, -0.1) is 0 Å². The third-order valence-electron chi connectivity index (χ3n) is 11.6. The van der Waals surface area contributed by atoms with E-state index < -0.39 is 0 Å². The second-order valence-corrected chi connectivity index (χ2v) is 19.9. The van der Waals surface area contributed by atoms with Gasteiger partial charge in [0.1, 0.15) is 11.5 Å². The molecule has 362 valence electrons. The summed E-state index contributed by atoms with van der Waals surface area (Å²) in [4.78, 5) is 0. The summed E-state index contributed by atoms with van der Waals surface area (Å²) in [6, 6.07) is 37.1. The lowest BCUT2D eigenvalue weighted by Gasteiger charge is -2.22. The Kier molecular flexibility index (Phi) is 28.8. The van der Waals surface area contributed by atoms with Gasteiger partial charge in [0.05, 0.1) is 25.3 Å². The highest BCUT2D eigenvalue weighted by molar-refractivity contribution is 9.10. The molecule has 67 heavy (non-hydrogen) atoms. The zero-order chi connectivity index (χ0) is 50.8. The van der Waals surface area contributed by atoms with Crippen LogP contribution in [0.25, 0.3) is 0 Å². The van der Waals surface area contributed by atoms with E-state index in [4.69, 9.17) is 26.3 Å². The fourth-order valence-electron chi connectivity index (χ4n) is 7.28. The Hall–Kier alpha value is -4.82. The molecular weight excluding hydrogens is 906 g/mol. The molecule has 3 nitrogen and oxygen atoms in total. The molecule has 0 aromatic heterocycles. The van der Waals surface area contributed by atoms with Crippen LogP contribution in [0.15, 0.2) is 108 Å². The van der Waals surface area contributed by atoms with Gasteiger partial charge in [0.2, 0.25) is 0 Å². The minimum absolute atomic E-state index is 0.739. The molecule has 0 unspecified atom stereocenters. The normalized spacial score (nSPS) is 13.2. The van der Waals surface area contributed by atoms with Gasteiger partial charge < -0.3 is 9.47 Å². The Labute approximate surface area is 422 Å². The number of halogens is 2. The number of rotatable bonds is 3. The van der Waals surface area contributed by atoms with Crippen molar-refractivity contribution in [3.63, 3.8) is 0 Å². The standard InChI is InChI=1S/C10H14O.C10H14.C9H9N.C9H12O.C8H9Br.C8H9Cl.C8H16/c1-4-11-10-6-8(2)5-9(3)7-10;1-7-5-6-8(2)10(4)9(7)3;1-7-3-8(2)5-9(4-7)6-10;1-7-4-5-8(2)9(6-7)10-3;1-6-3-7(2)5-8(9)4-6;1-6-3-4-7(2)8(9)5-6;1-7-3-5-8(2)6-4-7/h5-7H,4H2,1-3H3;5-6H,1-4H3;3-5H,1-2H3;4-6H,1-3H3;2*3-5H,1-2H3;7-8H,3-6H2,1-2H3. The van der Waals surface area contributed by atoms with Crippen molar-refractivity contribution in [2.24, 2.45) is 11.8 Å². The number of aryl methyl sites for hydroxylation is 12. The Morgan fingerprint density at radius 3 is 1.22 bits per heavy atom. The number of methoxy groups -OCH3 is 1. The number of nitriles is 1. The summed E-state index contributed by atoms with van der Waals surface area (Å²) in [5, 5.41) is 9.39. The Morgan fingerprint density at radius 2 is 0.881 bits per heavy atom. The first kappa shape index (κ1) is 60.2. The van der Waals surface area contributed by atoms with Crippen molar-refractivity contribution >= 4 is 27.5 Å². The molecule has 0 spiro atoms. The highest BCUT2D eigenvalue weighted by Crippen LogP contribution is 2.27. The van der Waals surface area contributed by atoms with E-state index in [1.54, 1.807) is 7.11 Å². The fraction of sp³-hybridized carbons (Fsp3) is 0.403. The molecule has 6 aromatic carbocycles. The molecule has 0 atom stereocenters. The molecule has 1 fully saturated rings. The highest BCUT2D eigenvalue weighted by Gasteiger charge is 2.13. The van der Waals surface area contributed by atoms with Crippen LogP contribution < -0.4 is 9.47 Å². The Balaban J connectivity index is 0.000000392. The topological polar surface area (TPSA) is 42.2 Å². The molecule has 0 N–H and O–H groups in total. The lowest BCUT2D eigenvalue weighted by molar-refractivity contribution is 0.308. The van der Waals surface area contributed by atoms with Crippen molar-refractivity contribution in [1.29, 1.82) is 5.26 Å². The maximum atomic E-state index is 8.54. The van der Waals surface area contributed by atoms with Gasteiger partial charge in [-0.2, -0.15) is 5.26 Å². The number of hydrogen-bond donors (Lipinski definition) is 0. The SMILES string of the molecule is CC1CCC(C)CC1.CCOc1cc(C)cc(C)c1.COc1cc(C)ccc1C.Cc1cc(C)cc(Br)c1.Cc1cc(C)cc(C#N)c1.Cc1ccc(C)c(C)c1C.Cc1ccc(C)c(Cl)c1. The van der Waals surface area contributed by atoms with Crippen molar-refractivity contribution in [2.45, 2.75) is 143 Å². The summed E-state index contributed by atoms with van der Waals surface area (Å²) in [5.41, 5.74) is 18.6. The van der Waals surface area contributed by atoms with Gasteiger partial charge in [-0.3, -0.25) is 0 Å². The minimum atomic E-state index is 0.739. The molecule has 7 rings (SSSR count). The van der Waals surface area contributed by atoms with Crippen LogP contribution in [0.5, 0.6) is 11.5 Å². The summed E-state index contributed by atoms with van der Waals surface area (Å²) >= 11 is 9.23. The zero-order valence-electron chi connectivity index (χ0n) is 44.5. The molecular formula is C62H83BrClNO2. The first-order valence-electron chi connectivity index (χ1n) is 23.8. The predicted molar refractivity (Wildman–Crippen MR) is 297 cm³/mol. The second-order valence-electron chi connectivity index (χ2n) is 18.6. The summed E-state index contributed by atoms with van der Waals surface area (Å²) < 4.78 is 11.7. The lowest BCUT2D eigenvalue weighted by Crippen LogP contribution is -2.08. The van der Waals surface area contributed by atoms with Crippen molar-refractivity contribution < 1.29 is 9.47 Å². The molecule has 0 bridgehead atoms. The van der Waals surface area contributed by atoms with Crippen molar-refractivity contribution in [3.05, 3.63) is 196 Å². The summed E-state index contributed by atoms with van der Waals surface area (Å²) in [5.74, 6) is 3.99. The quantitative estimate of drug-likeness (QED) is 0.177. The minimum Gasteiger partial charge on any atom is -0.496 e. The van der Waals surface area contributed by atoms with Crippen LogP contribution in [0.3, 0.4) is 0 Å². The highest BCUT2D eigenvalue weighted by atomic mass is 79.9. The molecule has 1 aliphatic carbocycles. The van der Waals surface area contributed by atoms with E-state index in [0.29, 0.717) is 0 Å². The van der Waals surface area contributed by atoms with Crippen molar-refractivity contribution in [2.75, 3.05) is 13.7 Å². The fourth-order valence-corrected chi connectivity index (χ4v) is 8.24. The summed E-state index contributed by atoms with van der Waals surface area (Å²) in [7, 11) is 1.70. The van der Waals surface area contributed by atoms with Gasteiger partial charge in [0.15, 0.2) is 0 Å². The first-order valence-corrected chi connectivity index (χ1v) is 25.0. The van der Waals surface area contributed by atoms with Gasteiger partial charge in [-0.1, -0.05) is 122 Å². The third-order valence-corrected chi connectivity index (χ3v) is 12.4. The van der Waals surface area contributed by atoms with Crippen LogP contribution >= 0.6 is 27.5 Å². The maximum Gasteiger partial charge on any atom is 0.122 e. The molecule has 1 saturated carbocycles. The van der Waals surface area contributed by atoms with Crippen molar-refractivity contribution in [1.82, 2.24) is 0 Å². The molecule has 0 saturated heterocycles. The molecule has 1 aliphatic rings. The zero-order valence-corrected chi connectivity index (χ0v) is 46.9. The van der Waals surface area contributed by atoms with Crippen LogP contribution in [-0.2, 0) is 0 Å². The molecule has 0 heterocycles. The second kappa shape index (κ2) is 32.0. The van der Waals surface area contributed by atoms with Crippen LogP contribution in [0.4, 0.5) is 0 Å². The largest absolute Gasteiger partial charge is 0.496 e. The predicted octanol–water partition coefficient (Wildman–Crippen LogP) is 19.0. The van der Waals surface area contributed by atoms with Crippen LogP contribution in [0, 0.1) is 120 Å². The monoisotopic (exact) mass is 988 g/mol. The van der Waals surface area contributed by atoms with Crippen LogP contribution in [-0.4, -0.2) is 13.7 Å². The number of hydrogen-bond acceptors (Lipinski definition) is 3. The molecule has 6 aromatic rings. The van der Waals surface area contributed by atoms with E-state index in [9.17, 15) is 0 Å². The third kappa shape index (κ3) is 25.8. The average molecular weight is 990 g/mol. The van der Waals surface area contributed by atoms with Gasteiger partial charge in [-0.05, 0) is 242 Å². The van der Waals surface area contributed by atoms with Gasteiger partial charge >= 0.3 is 0 Å². The van der Waals surface area contributed by atoms with Crippen molar-refractivity contribution in [3.8, 4) is 17.6 Å². The van der Waals surface area contributed by atoms with E-state index in [0.717, 1.165) is 57.2 Å².